The lowest BCUT2D eigenvalue weighted by atomic mass is 10.2. The van der Waals surface area contributed by atoms with E-state index in [1.54, 1.807) is 48.5 Å². The predicted molar refractivity (Wildman–Crippen MR) is 106 cm³/mol. The first-order valence-corrected chi connectivity index (χ1v) is 9.27. The average molecular weight is 388 g/mol. The van der Waals surface area contributed by atoms with E-state index in [1.165, 1.54) is 0 Å². The maximum atomic E-state index is 12.1. The Morgan fingerprint density at radius 1 is 1.11 bits per heavy atom. The number of amides is 2. The van der Waals surface area contributed by atoms with Crippen molar-refractivity contribution in [2.75, 3.05) is 30.3 Å². The maximum Gasteiger partial charge on any atom is 0.251 e. The van der Waals surface area contributed by atoms with Crippen molar-refractivity contribution in [3.05, 3.63) is 59.1 Å². The van der Waals surface area contributed by atoms with Gasteiger partial charge in [-0.25, -0.2) is 0 Å². The van der Waals surface area contributed by atoms with Gasteiger partial charge in [0, 0.05) is 35.1 Å². The molecule has 1 atom stereocenters. The van der Waals surface area contributed by atoms with Gasteiger partial charge in [-0.15, -0.1) is 0 Å². The van der Waals surface area contributed by atoms with Gasteiger partial charge in [0.05, 0.1) is 12.6 Å². The van der Waals surface area contributed by atoms with Crippen LogP contribution in [0.4, 0.5) is 11.4 Å². The lowest BCUT2D eigenvalue weighted by Gasteiger charge is -2.11. The van der Waals surface area contributed by atoms with Gasteiger partial charge in [-0.1, -0.05) is 17.7 Å². The molecule has 1 aliphatic rings. The Morgan fingerprint density at radius 2 is 1.93 bits per heavy atom. The van der Waals surface area contributed by atoms with Crippen LogP contribution in [-0.2, 0) is 9.53 Å². The van der Waals surface area contributed by atoms with Crippen LogP contribution in [-0.4, -0.2) is 37.6 Å². The number of anilines is 2. The predicted octanol–water partition coefficient (Wildman–Crippen LogP) is 3.30. The van der Waals surface area contributed by atoms with E-state index >= 15 is 0 Å². The molecule has 2 aromatic rings. The second-order valence-electron chi connectivity index (χ2n) is 6.33. The summed E-state index contributed by atoms with van der Waals surface area (Å²) >= 11 is 5.89. The van der Waals surface area contributed by atoms with Crippen LogP contribution in [0.3, 0.4) is 0 Å². The van der Waals surface area contributed by atoms with Crippen LogP contribution in [0.15, 0.2) is 48.5 Å². The third kappa shape index (κ3) is 5.98. The standard InChI is InChI=1S/C20H22ClN3O3/c21-15-3-1-4-17(11-15)24-19(25)13-22-16-8-6-14(7-9-16)20(26)23-12-18-5-2-10-27-18/h1,3-4,6-9,11,18,22H,2,5,10,12-13H2,(H,23,26)(H,24,25). The van der Waals surface area contributed by atoms with Crippen molar-refractivity contribution in [2.45, 2.75) is 18.9 Å². The Morgan fingerprint density at radius 3 is 2.63 bits per heavy atom. The Bertz CT molecular complexity index is 789. The highest BCUT2D eigenvalue weighted by atomic mass is 35.5. The van der Waals surface area contributed by atoms with E-state index in [0.717, 1.165) is 25.1 Å². The van der Waals surface area contributed by atoms with Crippen LogP contribution >= 0.6 is 11.6 Å². The van der Waals surface area contributed by atoms with Gasteiger partial charge in [0.25, 0.3) is 5.91 Å². The fourth-order valence-electron chi connectivity index (χ4n) is 2.81. The summed E-state index contributed by atoms with van der Waals surface area (Å²) in [7, 11) is 0. The maximum absolute atomic E-state index is 12.1. The largest absolute Gasteiger partial charge is 0.376 e. The van der Waals surface area contributed by atoms with Gasteiger partial charge in [0.2, 0.25) is 5.91 Å². The first-order chi connectivity index (χ1) is 13.1. The molecule has 0 aromatic heterocycles. The van der Waals surface area contributed by atoms with Crippen molar-refractivity contribution in [3.63, 3.8) is 0 Å². The van der Waals surface area contributed by atoms with Gasteiger partial charge in [0.15, 0.2) is 0 Å². The Labute approximate surface area is 163 Å². The molecule has 1 saturated heterocycles. The number of halogens is 1. The molecular formula is C20H22ClN3O3. The molecule has 3 N–H and O–H groups in total. The number of carbonyl (C=O) groups is 2. The second kappa shape index (κ2) is 9.39. The van der Waals surface area contributed by atoms with Crippen LogP contribution in [0.5, 0.6) is 0 Å². The van der Waals surface area contributed by atoms with Crippen molar-refractivity contribution in [3.8, 4) is 0 Å². The van der Waals surface area contributed by atoms with Gasteiger partial charge >= 0.3 is 0 Å². The molecule has 6 nitrogen and oxygen atoms in total. The van der Waals surface area contributed by atoms with Crippen molar-refractivity contribution >= 4 is 34.8 Å². The lowest BCUT2D eigenvalue weighted by Crippen LogP contribution is -2.31. The molecule has 1 fully saturated rings. The molecule has 0 spiro atoms. The summed E-state index contributed by atoms with van der Waals surface area (Å²) in [6.45, 7) is 1.41. The van der Waals surface area contributed by atoms with E-state index in [4.69, 9.17) is 16.3 Å². The number of ether oxygens (including phenoxy) is 1. The quantitative estimate of drug-likeness (QED) is 0.681. The van der Waals surface area contributed by atoms with Crippen LogP contribution < -0.4 is 16.0 Å². The molecule has 0 saturated carbocycles. The summed E-state index contributed by atoms with van der Waals surface area (Å²) in [5, 5.41) is 9.24. The molecule has 0 aliphatic carbocycles. The smallest absolute Gasteiger partial charge is 0.251 e. The molecule has 1 aliphatic heterocycles. The number of hydrogen-bond acceptors (Lipinski definition) is 4. The van der Waals surface area contributed by atoms with Gasteiger partial charge in [-0.3, -0.25) is 9.59 Å². The number of benzene rings is 2. The van der Waals surface area contributed by atoms with Crippen LogP contribution in [0.2, 0.25) is 5.02 Å². The molecule has 3 rings (SSSR count). The Hall–Kier alpha value is -2.57. The number of carbonyl (C=O) groups excluding carboxylic acids is 2. The minimum atomic E-state index is -0.185. The summed E-state index contributed by atoms with van der Waals surface area (Å²) in [4.78, 5) is 24.1. The van der Waals surface area contributed by atoms with E-state index in [9.17, 15) is 9.59 Å². The number of hydrogen-bond donors (Lipinski definition) is 3. The molecule has 7 heteroatoms. The topological polar surface area (TPSA) is 79.5 Å². The SMILES string of the molecule is O=C(CNc1ccc(C(=O)NCC2CCCO2)cc1)Nc1cccc(Cl)c1. The van der Waals surface area contributed by atoms with Crippen LogP contribution in [0.25, 0.3) is 0 Å². The lowest BCUT2D eigenvalue weighted by molar-refractivity contribution is -0.114. The van der Waals surface area contributed by atoms with E-state index < -0.39 is 0 Å². The molecule has 1 heterocycles. The highest BCUT2D eigenvalue weighted by Crippen LogP contribution is 2.15. The third-order valence-electron chi connectivity index (χ3n) is 4.22. The molecule has 0 radical (unpaired) electrons. The van der Waals surface area contributed by atoms with Gasteiger partial charge in [0.1, 0.15) is 0 Å². The van der Waals surface area contributed by atoms with Gasteiger partial charge < -0.3 is 20.7 Å². The van der Waals surface area contributed by atoms with E-state index in [0.29, 0.717) is 22.8 Å². The van der Waals surface area contributed by atoms with Crippen LogP contribution in [0, 0.1) is 0 Å². The minimum absolute atomic E-state index is 0.108. The molecule has 1 unspecified atom stereocenters. The highest BCUT2D eigenvalue weighted by Gasteiger charge is 2.16. The highest BCUT2D eigenvalue weighted by molar-refractivity contribution is 6.30. The summed E-state index contributed by atoms with van der Waals surface area (Å²) in [5.41, 5.74) is 1.97. The van der Waals surface area contributed by atoms with Crippen molar-refractivity contribution in [1.29, 1.82) is 0 Å². The zero-order valence-electron chi connectivity index (χ0n) is 14.8. The second-order valence-corrected chi connectivity index (χ2v) is 6.77. The molecular weight excluding hydrogens is 366 g/mol. The van der Waals surface area contributed by atoms with Crippen molar-refractivity contribution < 1.29 is 14.3 Å². The zero-order valence-corrected chi connectivity index (χ0v) is 15.6. The van der Waals surface area contributed by atoms with Gasteiger partial charge in [-0.05, 0) is 55.3 Å². The van der Waals surface area contributed by atoms with Crippen molar-refractivity contribution in [2.24, 2.45) is 0 Å². The Kier molecular flexibility index (Phi) is 6.68. The summed E-state index contributed by atoms with van der Waals surface area (Å²) in [6, 6.07) is 14.0. The van der Waals surface area contributed by atoms with E-state index in [2.05, 4.69) is 16.0 Å². The normalized spacial score (nSPS) is 16.0. The summed E-state index contributed by atoms with van der Waals surface area (Å²) < 4.78 is 5.49. The number of nitrogens with one attached hydrogen (secondary N) is 3. The Balaban J connectivity index is 1.44. The fourth-order valence-corrected chi connectivity index (χ4v) is 3.00. The fraction of sp³-hybridized carbons (Fsp3) is 0.300. The zero-order chi connectivity index (χ0) is 19.1. The molecule has 142 valence electrons. The molecule has 27 heavy (non-hydrogen) atoms. The van der Waals surface area contributed by atoms with Gasteiger partial charge in [-0.2, -0.15) is 0 Å². The summed E-state index contributed by atoms with van der Waals surface area (Å²) in [5.74, 6) is -0.314. The van der Waals surface area contributed by atoms with Crippen molar-refractivity contribution in [1.82, 2.24) is 5.32 Å². The molecule has 0 bridgehead atoms. The van der Waals surface area contributed by atoms with Crippen LogP contribution in [0.1, 0.15) is 23.2 Å². The summed E-state index contributed by atoms with van der Waals surface area (Å²) in [6.07, 6.45) is 2.15. The average Bonchev–Trinajstić information content (AvgIpc) is 3.18. The molecule has 2 aromatic carbocycles. The first-order valence-electron chi connectivity index (χ1n) is 8.89. The van der Waals surface area contributed by atoms with E-state index in [-0.39, 0.29) is 24.5 Å². The monoisotopic (exact) mass is 387 g/mol. The third-order valence-corrected chi connectivity index (χ3v) is 4.46. The number of rotatable bonds is 7. The molecule has 2 amide bonds. The minimum Gasteiger partial charge on any atom is -0.376 e. The first kappa shape index (κ1) is 19.2. The van der Waals surface area contributed by atoms with E-state index in [1.807, 2.05) is 0 Å².